The maximum Gasteiger partial charge on any atom is 0.208 e. The smallest absolute Gasteiger partial charge is 0.208 e. The molecule has 0 radical (unpaired) electrons. The third-order valence-electron chi connectivity index (χ3n) is 3.61. The molecule has 2 aromatic rings. The van der Waals surface area contributed by atoms with Gasteiger partial charge in [0.05, 0.1) is 12.9 Å². The molecular formula is C18H26N4O3S. The molecule has 0 saturated carbocycles. The molecule has 0 amide bonds. The molecule has 0 bridgehead atoms. The van der Waals surface area contributed by atoms with E-state index in [0.717, 1.165) is 23.8 Å². The Balaban J connectivity index is 1.63. The number of nitrogens with one attached hydrogen (secondary N) is 3. The van der Waals surface area contributed by atoms with Gasteiger partial charge in [-0.2, -0.15) is 0 Å². The Morgan fingerprint density at radius 3 is 2.50 bits per heavy atom. The number of hydrogen-bond acceptors (Lipinski definition) is 4. The Bertz CT molecular complexity index is 837. The summed E-state index contributed by atoms with van der Waals surface area (Å²) in [5.41, 5.74) is 0. The second kappa shape index (κ2) is 9.98. The summed E-state index contributed by atoms with van der Waals surface area (Å²) in [7, 11) is -1.49. The molecule has 142 valence electrons. The summed E-state index contributed by atoms with van der Waals surface area (Å²) in [5.74, 6) is 1.49. The van der Waals surface area contributed by atoms with Gasteiger partial charge in [0.15, 0.2) is 5.96 Å². The minimum absolute atomic E-state index is 0.310. The first-order valence-corrected chi connectivity index (χ1v) is 10.4. The first-order valence-electron chi connectivity index (χ1n) is 8.49. The van der Waals surface area contributed by atoms with E-state index >= 15 is 0 Å². The molecule has 26 heavy (non-hydrogen) atoms. The van der Waals surface area contributed by atoms with Crippen molar-refractivity contribution in [1.82, 2.24) is 15.4 Å². The molecule has 2 aromatic carbocycles. The van der Waals surface area contributed by atoms with Crippen LogP contribution in [0.4, 0.5) is 0 Å². The van der Waals surface area contributed by atoms with Crippen LogP contribution in [0.25, 0.3) is 10.8 Å². The van der Waals surface area contributed by atoms with E-state index in [4.69, 9.17) is 4.74 Å². The molecule has 0 heterocycles. The third kappa shape index (κ3) is 7.28. The number of benzene rings is 2. The topological polar surface area (TPSA) is 91.8 Å². The average molecular weight is 378 g/mol. The molecule has 0 spiro atoms. The van der Waals surface area contributed by atoms with Gasteiger partial charge in [-0.25, -0.2) is 13.1 Å². The zero-order valence-corrected chi connectivity index (χ0v) is 16.0. The Morgan fingerprint density at radius 1 is 1.04 bits per heavy atom. The fraction of sp³-hybridized carbons (Fsp3) is 0.389. The minimum atomic E-state index is -3.16. The fourth-order valence-electron chi connectivity index (χ4n) is 2.36. The van der Waals surface area contributed by atoms with Crippen molar-refractivity contribution in [1.29, 1.82) is 0 Å². The van der Waals surface area contributed by atoms with Crippen LogP contribution in [-0.4, -0.2) is 53.9 Å². The third-order valence-corrected chi connectivity index (χ3v) is 4.34. The Labute approximate surface area is 154 Å². The monoisotopic (exact) mass is 378 g/mol. The van der Waals surface area contributed by atoms with Crippen molar-refractivity contribution in [2.75, 3.05) is 39.5 Å². The average Bonchev–Trinajstić information content (AvgIpc) is 2.62. The number of sulfonamides is 1. The summed E-state index contributed by atoms with van der Waals surface area (Å²) in [4.78, 5) is 4.09. The lowest BCUT2D eigenvalue weighted by Gasteiger charge is -2.12. The van der Waals surface area contributed by atoms with Crippen LogP contribution in [0.5, 0.6) is 5.75 Å². The normalized spacial score (nSPS) is 12.2. The first kappa shape index (κ1) is 20.0. The van der Waals surface area contributed by atoms with Crippen LogP contribution < -0.4 is 20.1 Å². The zero-order valence-electron chi connectivity index (χ0n) is 15.2. The lowest BCUT2D eigenvalue weighted by molar-refractivity contribution is 0.311. The SMILES string of the molecule is CN=C(NCCCOc1ccc2ccccc2c1)NCCNS(C)(=O)=O. The van der Waals surface area contributed by atoms with E-state index in [2.05, 4.69) is 38.5 Å². The van der Waals surface area contributed by atoms with Crippen molar-refractivity contribution >= 4 is 26.8 Å². The van der Waals surface area contributed by atoms with Gasteiger partial charge in [-0.3, -0.25) is 4.99 Å². The molecule has 7 nitrogen and oxygen atoms in total. The molecule has 0 unspecified atom stereocenters. The molecule has 2 rings (SSSR count). The van der Waals surface area contributed by atoms with E-state index in [9.17, 15) is 8.42 Å². The standard InChI is InChI=1S/C18H26N4O3S/c1-19-18(21-11-12-22-26(2,23)24)20-10-5-13-25-17-9-8-15-6-3-4-7-16(15)14-17/h3-4,6-9,14,22H,5,10-13H2,1-2H3,(H2,19,20,21). The van der Waals surface area contributed by atoms with E-state index in [-0.39, 0.29) is 0 Å². The predicted octanol–water partition coefficient (Wildman–Crippen LogP) is 1.32. The molecule has 0 aliphatic carbocycles. The van der Waals surface area contributed by atoms with Crippen LogP contribution in [0.2, 0.25) is 0 Å². The first-order chi connectivity index (χ1) is 12.5. The Kier molecular flexibility index (Phi) is 7.68. The molecule has 0 atom stereocenters. The second-order valence-corrected chi connectivity index (χ2v) is 7.64. The number of ether oxygens (including phenoxy) is 1. The van der Waals surface area contributed by atoms with Crippen molar-refractivity contribution in [2.45, 2.75) is 6.42 Å². The Morgan fingerprint density at radius 2 is 1.77 bits per heavy atom. The van der Waals surface area contributed by atoms with Crippen molar-refractivity contribution < 1.29 is 13.2 Å². The highest BCUT2D eigenvalue weighted by atomic mass is 32.2. The van der Waals surface area contributed by atoms with Gasteiger partial charge in [0, 0.05) is 26.7 Å². The highest BCUT2D eigenvalue weighted by Gasteiger charge is 2.01. The maximum absolute atomic E-state index is 11.0. The van der Waals surface area contributed by atoms with Crippen LogP contribution in [0.15, 0.2) is 47.5 Å². The van der Waals surface area contributed by atoms with Gasteiger partial charge in [-0.05, 0) is 29.3 Å². The van der Waals surface area contributed by atoms with Gasteiger partial charge in [0.25, 0.3) is 0 Å². The van der Waals surface area contributed by atoms with Crippen LogP contribution >= 0.6 is 0 Å². The lowest BCUT2D eigenvalue weighted by atomic mass is 10.1. The Hall–Kier alpha value is -2.32. The maximum atomic E-state index is 11.0. The van der Waals surface area contributed by atoms with Crippen LogP contribution in [0.1, 0.15) is 6.42 Å². The number of guanidine groups is 1. The number of fused-ring (bicyclic) bond motifs is 1. The number of hydrogen-bond donors (Lipinski definition) is 3. The number of rotatable bonds is 9. The van der Waals surface area contributed by atoms with E-state index in [1.165, 1.54) is 5.39 Å². The van der Waals surface area contributed by atoms with Crippen molar-refractivity contribution in [2.24, 2.45) is 4.99 Å². The molecule has 0 fully saturated rings. The largest absolute Gasteiger partial charge is 0.494 e. The number of nitrogens with zero attached hydrogens (tertiary/aromatic N) is 1. The van der Waals surface area contributed by atoms with Crippen LogP contribution in [0.3, 0.4) is 0 Å². The van der Waals surface area contributed by atoms with Crippen molar-refractivity contribution in [3.63, 3.8) is 0 Å². The minimum Gasteiger partial charge on any atom is -0.494 e. The van der Waals surface area contributed by atoms with Crippen molar-refractivity contribution in [3.8, 4) is 5.75 Å². The van der Waals surface area contributed by atoms with Gasteiger partial charge in [-0.15, -0.1) is 0 Å². The summed E-state index contributed by atoms with van der Waals surface area (Å²) in [6, 6.07) is 14.3. The molecule has 3 N–H and O–H groups in total. The predicted molar refractivity (Wildman–Crippen MR) is 106 cm³/mol. The summed E-state index contributed by atoms with van der Waals surface area (Å²) < 4.78 is 30.2. The summed E-state index contributed by atoms with van der Waals surface area (Å²) >= 11 is 0. The van der Waals surface area contributed by atoms with Gasteiger partial charge < -0.3 is 15.4 Å². The van der Waals surface area contributed by atoms with E-state index < -0.39 is 10.0 Å². The van der Waals surface area contributed by atoms with Gasteiger partial charge in [0.1, 0.15) is 5.75 Å². The molecule has 0 aliphatic rings. The van der Waals surface area contributed by atoms with Gasteiger partial charge in [0.2, 0.25) is 10.0 Å². The van der Waals surface area contributed by atoms with E-state index in [0.29, 0.717) is 32.2 Å². The molecule has 0 aromatic heterocycles. The fourth-order valence-corrected chi connectivity index (χ4v) is 2.84. The summed E-state index contributed by atoms with van der Waals surface area (Å²) in [5, 5.41) is 8.56. The van der Waals surface area contributed by atoms with Crippen LogP contribution in [-0.2, 0) is 10.0 Å². The van der Waals surface area contributed by atoms with E-state index in [1.54, 1.807) is 7.05 Å². The highest BCUT2D eigenvalue weighted by molar-refractivity contribution is 7.88. The quantitative estimate of drug-likeness (QED) is 0.348. The zero-order chi connectivity index (χ0) is 18.8. The van der Waals surface area contributed by atoms with Crippen molar-refractivity contribution in [3.05, 3.63) is 42.5 Å². The lowest BCUT2D eigenvalue weighted by Crippen LogP contribution is -2.41. The molecular weight excluding hydrogens is 352 g/mol. The molecule has 0 saturated heterocycles. The van der Waals surface area contributed by atoms with Gasteiger partial charge >= 0.3 is 0 Å². The summed E-state index contributed by atoms with van der Waals surface area (Å²) in [6.45, 7) is 2.07. The van der Waals surface area contributed by atoms with Crippen LogP contribution in [0, 0.1) is 0 Å². The van der Waals surface area contributed by atoms with E-state index in [1.807, 2.05) is 24.3 Å². The van der Waals surface area contributed by atoms with Gasteiger partial charge in [-0.1, -0.05) is 30.3 Å². The second-order valence-electron chi connectivity index (χ2n) is 5.80. The molecule has 8 heteroatoms. The highest BCUT2D eigenvalue weighted by Crippen LogP contribution is 2.20. The number of aliphatic imine (C=N–C) groups is 1. The summed E-state index contributed by atoms with van der Waals surface area (Å²) in [6.07, 6.45) is 1.95. The molecule has 0 aliphatic heterocycles.